The van der Waals surface area contributed by atoms with Crippen LogP contribution >= 0.6 is 0 Å². The molecule has 0 saturated carbocycles. The first-order valence-electron chi connectivity index (χ1n) is 11.4. The predicted octanol–water partition coefficient (Wildman–Crippen LogP) is 4.49. The molecule has 0 aliphatic carbocycles. The van der Waals surface area contributed by atoms with E-state index in [1.807, 2.05) is 0 Å². The summed E-state index contributed by atoms with van der Waals surface area (Å²) in [7, 11) is 1.41. The molecule has 0 spiro atoms. The summed E-state index contributed by atoms with van der Waals surface area (Å²) in [5.41, 5.74) is 0. The molecule has 0 aromatic rings. The minimum atomic E-state index is -0.327. The lowest BCUT2D eigenvalue weighted by Gasteiger charge is -2.23. The molecular formula is C23H40O7. The zero-order chi connectivity index (χ0) is 22.4. The molecule has 0 N–H and O–H groups in total. The quantitative estimate of drug-likeness (QED) is 0.216. The van der Waals surface area contributed by atoms with Gasteiger partial charge in [0.1, 0.15) is 12.2 Å². The summed E-state index contributed by atoms with van der Waals surface area (Å²) in [6.07, 6.45) is 9.58. The fraction of sp³-hybridized carbons (Fsp3) is 0.870. The van der Waals surface area contributed by atoms with Crippen molar-refractivity contribution >= 4 is 17.9 Å². The van der Waals surface area contributed by atoms with Gasteiger partial charge in [-0.1, -0.05) is 45.4 Å². The second-order valence-electron chi connectivity index (χ2n) is 8.12. The monoisotopic (exact) mass is 428 g/mol. The highest BCUT2D eigenvalue weighted by Crippen LogP contribution is 2.32. The number of methoxy groups -OCH3 is 1. The molecule has 4 unspecified atom stereocenters. The number of carbonyl (C=O) groups is 3. The van der Waals surface area contributed by atoms with Crippen LogP contribution in [0.1, 0.15) is 97.8 Å². The third kappa shape index (κ3) is 11.0. The van der Waals surface area contributed by atoms with Gasteiger partial charge in [0.2, 0.25) is 0 Å². The topological polar surface area (TPSA) is 88.1 Å². The van der Waals surface area contributed by atoms with Gasteiger partial charge < -0.3 is 18.9 Å². The van der Waals surface area contributed by atoms with Gasteiger partial charge in [0.15, 0.2) is 0 Å². The molecule has 30 heavy (non-hydrogen) atoms. The van der Waals surface area contributed by atoms with Crippen molar-refractivity contribution in [3.05, 3.63) is 0 Å². The Morgan fingerprint density at radius 3 is 2.30 bits per heavy atom. The molecule has 1 fully saturated rings. The van der Waals surface area contributed by atoms with E-state index in [0.717, 1.165) is 64.2 Å². The van der Waals surface area contributed by atoms with Crippen molar-refractivity contribution in [1.29, 1.82) is 0 Å². The summed E-state index contributed by atoms with van der Waals surface area (Å²) in [4.78, 5) is 34.2. The van der Waals surface area contributed by atoms with Crippen LogP contribution in [0.25, 0.3) is 0 Å². The molecule has 0 radical (unpaired) electrons. The second-order valence-corrected chi connectivity index (χ2v) is 8.12. The number of ether oxygens (including phenoxy) is 4. The van der Waals surface area contributed by atoms with E-state index in [1.54, 1.807) is 0 Å². The molecule has 7 nitrogen and oxygen atoms in total. The SMILES string of the molecule is CCCCCC1OC(C(CCCCCCCC(=O)OC)OC(C)=O)CC1OC(C)=O. The summed E-state index contributed by atoms with van der Waals surface area (Å²) >= 11 is 0. The van der Waals surface area contributed by atoms with Crippen LogP contribution < -0.4 is 0 Å². The standard InChI is InChI=1S/C23H40O7/c1-5-6-10-13-20-21(29-18(3)25)16-22(30-20)19(28-17(2)24)14-11-8-7-9-12-15-23(26)27-4/h19-22H,5-16H2,1-4H3. The fourth-order valence-electron chi connectivity index (χ4n) is 3.96. The third-order valence-corrected chi connectivity index (χ3v) is 5.47. The van der Waals surface area contributed by atoms with E-state index in [4.69, 9.17) is 14.2 Å². The normalized spacial score (nSPS) is 21.8. The Bertz CT molecular complexity index is 520. The van der Waals surface area contributed by atoms with Gasteiger partial charge >= 0.3 is 17.9 Å². The molecule has 4 atom stereocenters. The number of unbranched alkanes of at least 4 members (excludes halogenated alkanes) is 6. The Kier molecular flexibility index (Phi) is 13.4. The van der Waals surface area contributed by atoms with E-state index in [1.165, 1.54) is 21.0 Å². The van der Waals surface area contributed by atoms with Crippen LogP contribution in [0, 0.1) is 0 Å². The lowest BCUT2D eigenvalue weighted by molar-refractivity contribution is -0.155. The van der Waals surface area contributed by atoms with E-state index < -0.39 is 0 Å². The van der Waals surface area contributed by atoms with Crippen molar-refractivity contribution < 1.29 is 33.3 Å². The van der Waals surface area contributed by atoms with Crippen molar-refractivity contribution in [3.63, 3.8) is 0 Å². The first-order valence-corrected chi connectivity index (χ1v) is 11.4. The average Bonchev–Trinajstić information content (AvgIpc) is 3.07. The van der Waals surface area contributed by atoms with E-state index in [2.05, 4.69) is 11.7 Å². The fourth-order valence-corrected chi connectivity index (χ4v) is 3.96. The molecule has 1 rings (SSSR count). The molecule has 0 aromatic heterocycles. The highest BCUT2D eigenvalue weighted by Gasteiger charge is 2.41. The first-order chi connectivity index (χ1) is 14.4. The molecule has 174 valence electrons. The van der Waals surface area contributed by atoms with Crippen molar-refractivity contribution in [2.24, 2.45) is 0 Å². The highest BCUT2D eigenvalue weighted by atomic mass is 16.6. The zero-order valence-electron chi connectivity index (χ0n) is 19.2. The van der Waals surface area contributed by atoms with Gasteiger partial charge in [-0.2, -0.15) is 0 Å². The van der Waals surface area contributed by atoms with Crippen molar-refractivity contribution in [3.8, 4) is 0 Å². The molecule has 7 heteroatoms. The van der Waals surface area contributed by atoms with Crippen molar-refractivity contribution in [1.82, 2.24) is 0 Å². The number of hydrogen-bond donors (Lipinski definition) is 0. The minimum Gasteiger partial charge on any atom is -0.469 e. The van der Waals surface area contributed by atoms with E-state index in [9.17, 15) is 14.4 Å². The maximum atomic E-state index is 11.6. The van der Waals surface area contributed by atoms with E-state index in [0.29, 0.717) is 12.8 Å². The number of carbonyl (C=O) groups excluding carboxylic acids is 3. The number of hydrogen-bond acceptors (Lipinski definition) is 7. The lowest BCUT2D eigenvalue weighted by Crippen LogP contribution is -2.31. The largest absolute Gasteiger partial charge is 0.469 e. The average molecular weight is 429 g/mol. The van der Waals surface area contributed by atoms with Crippen LogP contribution in [-0.2, 0) is 33.3 Å². The van der Waals surface area contributed by atoms with Crippen molar-refractivity contribution in [2.45, 2.75) is 122 Å². The van der Waals surface area contributed by atoms with Crippen LogP contribution in [0.2, 0.25) is 0 Å². The zero-order valence-corrected chi connectivity index (χ0v) is 19.2. The van der Waals surface area contributed by atoms with Gasteiger partial charge in [-0.15, -0.1) is 0 Å². The Morgan fingerprint density at radius 2 is 1.67 bits per heavy atom. The van der Waals surface area contributed by atoms with Gasteiger partial charge in [0.25, 0.3) is 0 Å². The van der Waals surface area contributed by atoms with Crippen molar-refractivity contribution in [2.75, 3.05) is 7.11 Å². The molecule has 1 aliphatic rings. The Balaban J connectivity index is 2.50. The van der Waals surface area contributed by atoms with Crippen LogP contribution in [0.4, 0.5) is 0 Å². The Labute approximate surface area is 181 Å². The molecule has 1 aliphatic heterocycles. The molecule has 0 bridgehead atoms. The Morgan fingerprint density at radius 1 is 0.967 bits per heavy atom. The smallest absolute Gasteiger partial charge is 0.305 e. The van der Waals surface area contributed by atoms with E-state index in [-0.39, 0.29) is 42.3 Å². The van der Waals surface area contributed by atoms with Crippen LogP contribution in [0.15, 0.2) is 0 Å². The summed E-state index contributed by atoms with van der Waals surface area (Å²) in [5, 5.41) is 0. The maximum Gasteiger partial charge on any atom is 0.305 e. The maximum absolute atomic E-state index is 11.6. The highest BCUT2D eigenvalue weighted by molar-refractivity contribution is 5.69. The Hall–Kier alpha value is -1.63. The molecule has 1 saturated heterocycles. The van der Waals surface area contributed by atoms with E-state index >= 15 is 0 Å². The number of esters is 3. The summed E-state index contributed by atoms with van der Waals surface area (Å²) < 4.78 is 21.9. The molecule has 0 amide bonds. The third-order valence-electron chi connectivity index (χ3n) is 5.47. The van der Waals surface area contributed by atoms with Crippen LogP contribution in [0.5, 0.6) is 0 Å². The van der Waals surface area contributed by atoms with Gasteiger partial charge in [-0.05, 0) is 25.7 Å². The molecule has 0 aromatic carbocycles. The second kappa shape index (κ2) is 15.2. The van der Waals surface area contributed by atoms with Gasteiger partial charge in [0.05, 0.1) is 19.3 Å². The minimum absolute atomic E-state index is 0.137. The summed E-state index contributed by atoms with van der Waals surface area (Å²) in [5.74, 6) is -0.792. The summed E-state index contributed by atoms with van der Waals surface area (Å²) in [6, 6.07) is 0. The molecule has 1 heterocycles. The number of rotatable bonds is 15. The predicted molar refractivity (Wildman–Crippen MR) is 113 cm³/mol. The van der Waals surface area contributed by atoms with Crippen LogP contribution in [-0.4, -0.2) is 49.4 Å². The lowest BCUT2D eigenvalue weighted by atomic mass is 10.00. The van der Waals surface area contributed by atoms with Gasteiger partial charge in [-0.3, -0.25) is 14.4 Å². The van der Waals surface area contributed by atoms with Crippen LogP contribution in [0.3, 0.4) is 0 Å². The first kappa shape index (κ1) is 26.4. The molecular weight excluding hydrogens is 388 g/mol. The van der Waals surface area contributed by atoms with Gasteiger partial charge in [0, 0.05) is 26.7 Å². The van der Waals surface area contributed by atoms with Gasteiger partial charge in [-0.25, -0.2) is 0 Å². The summed E-state index contributed by atoms with van der Waals surface area (Å²) in [6.45, 7) is 4.98.